The van der Waals surface area contributed by atoms with Crippen molar-refractivity contribution < 1.29 is 18.3 Å². The van der Waals surface area contributed by atoms with Crippen LogP contribution in [0, 0.1) is 5.92 Å². The van der Waals surface area contributed by atoms with E-state index in [1.807, 2.05) is 24.3 Å². The molecule has 1 heterocycles. The smallest absolute Gasteiger partial charge is 0.388 e. The third-order valence-electron chi connectivity index (χ3n) is 5.01. The molecular weight excluding hydrogens is 279 g/mol. The monoisotopic (exact) mass is 299 g/mol. The van der Waals surface area contributed by atoms with Crippen LogP contribution in [0.3, 0.4) is 0 Å². The van der Waals surface area contributed by atoms with Gasteiger partial charge in [0, 0.05) is 5.69 Å². The fraction of sp³-hybridized carbons (Fsp3) is 0.625. The molecule has 5 heteroatoms. The second-order valence-corrected chi connectivity index (χ2v) is 6.31. The number of alkyl halides is 3. The topological polar surface area (TPSA) is 32.3 Å². The van der Waals surface area contributed by atoms with Crippen molar-refractivity contribution in [3.05, 3.63) is 29.8 Å². The van der Waals surface area contributed by atoms with Crippen molar-refractivity contribution in [3.63, 3.8) is 0 Å². The first-order chi connectivity index (χ1) is 9.88. The largest absolute Gasteiger partial charge is 0.391 e. The molecule has 1 unspecified atom stereocenters. The van der Waals surface area contributed by atoms with Crippen molar-refractivity contribution in [2.24, 2.45) is 5.92 Å². The molecule has 1 fully saturated rings. The van der Waals surface area contributed by atoms with E-state index >= 15 is 0 Å². The van der Waals surface area contributed by atoms with Gasteiger partial charge in [0.2, 0.25) is 0 Å². The lowest BCUT2D eigenvalue weighted by atomic mass is 9.72. The molecule has 2 N–H and O–H groups in total. The summed E-state index contributed by atoms with van der Waals surface area (Å²) in [5, 5.41) is 14.1. The second-order valence-electron chi connectivity index (χ2n) is 6.31. The van der Waals surface area contributed by atoms with E-state index < -0.39 is 17.7 Å². The van der Waals surface area contributed by atoms with Gasteiger partial charge in [-0.15, -0.1) is 0 Å². The Morgan fingerprint density at radius 3 is 2.43 bits per heavy atom. The Balaban J connectivity index is 1.68. The fourth-order valence-electron chi connectivity index (χ4n) is 3.64. The number of nitrogens with one attached hydrogen (secondary N) is 1. The molecule has 116 valence electrons. The van der Waals surface area contributed by atoms with Gasteiger partial charge in [-0.25, -0.2) is 0 Å². The predicted molar refractivity (Wildman–Crippen MR) is 75.1 cm³/mol. The molecule has 1 aromatic rings. The molecule has 2 nitrogen and oxygen atoms in total. The van der Waals surface area contributed by atoms with Crippen molar-refractivity contribution >= 4 is 5.69 Å². The SMILES string of the molecule is OC1(C2CCc3ccccc3N2)CCC(C(F)(F)F)CC1. The zero-order chi connectivity index (χ0) is 15.1. The summed E-state index contributed by atoms with van der Waals surface area (Å²) in [5.74, 6) is -1.26. The van der Waals surface area contributed by atoms with Gasteiger partial charge in [0.05, 0.1) is 17.6 Å². The summed E-state index contributed by atoms with van der Waals surface area (Å²) in [6.07, 6.45) is -2.01. The first-order valence-corrected chi connectivity index (χ1v) is 7.52. The Bertz CT molecular complexity index is 506. The Morgan fingerprint density at radius 2 is 1.76 bits per heavy atom. The number of fused-ring (bicyclic) bond motifs is 1. The normalized spacial score (nSPS) is 33.1. The first-order valence-electron chi connectivity index (χ1n) is 7.52. The lowest BCUT2D eigenvalue weighted by Crippen LogP contribution is -2.51. The van der Waals surface area contributed by atoms with Gasteiger partial charge < -0.3 is 10.4 Å². The summed E-state index contributed by atoms with van der Waals surface area (Å²) < 4.78 is 38.2. The molecule has 0 spiro atoms. The van der Waals surface area contributed by atoms with E-state index in [4.69, 9.17) is 0 Å². The van der Waals surface area contributed by atoms with Crippen LogP contribution in [-0.4, -0.2) is 22.9 Å². The van der Waals surface area contributed by atoms with Crippen LogP contribution in [0.1, 0.15) is 37.7 Å². The van der Waals surface area contributed by atoms with E-state index in [-0.39, 0.29) is 31.7 Å². The summed E-state index contributed by atoms with van der Waals surface area (Å²) in [6.45, 7) is 0. The van der Waals surface area contributed by atoms with Crippen LogP contribution in [0.5, 0.6) is 0 Å². The van der Waals surface area contributed by atoms with Gasteiger partial charge in [0.1, 0.15) is 0 Å². The molecule has 0 saturated heterocycles. The minimum absolute atomic E-state index is 0.0276. The van der Waals surface area contributed by atoms with E-state index in [9.17, 15) is 18.3 Å². The minimum Gasteiger partial charge on any atom is -0.388 e. The van der Waals surface area contributed by atoms with Crippen LogP contribution in [0.4, 0.5) is 18.9 Å². The highest BCUT2D eigenvalue weighted by molar-refractivity contribution is 5.54. The Hall–Kier alpha value is -1.23. The molecule has 3 rings (SSSR count). The van der Waals surface area contributed by atoms with E-state index in [1.165, 1.54) is 5.56 Å². The van der Waals surface area contributed by atoms with Crippen LogP contribution < -0.4 is 5.32 Å². The van der Waals surface area contributed by atoms with E-state index in [0.29, 0.717) is 0 Å². The van der Waals surface area contributed by atoms with Crippen LogP contribution in [0.25, 0.3) is 0 Å². The Labute approximate surface area is 122 Å². The minimum atomic E-state index is -4.13. The number of anilines is 1. The van der Waals surface area contributed by atoms with Gasteiger partial charge in [0.25, 0.3) is 0 Å². The number of aliphatic hydroxyl groups is 1. The maximum absolute atomic E-state index is 12.7. The van der Waals surface area contributed by atoms with Crippen LogP contribution >= 0.6 is 0 Å². The third kappa shape index (κ3) is 2.89. The standard InChI is InChI=1S/C16H20F3NO/c17-16(18,19)12-7-9-15(21,10-8-12)14-6-5-11-3-1-2-4-13(11)20-14/h1-4,12,14,20-21H,5-10H2. The number of para-hydroxylation sites is 1. The Morgan fingerprint density at radius 1 is 1.10 bits per heavy atom. The number of hydrogen-bond donors (Lipinski definition) is 2. The Kier molecular flexibility index (Phi) is 3.64. The van der Waals surface area contributed by atoms with E-state index in [1.54, 1.807) is 0 Å². The summed E-state index contributed by atoms with van der Waals surface area (Å²) in [5.41, 5.74) is 1.19. The first kappa shape index (κ1) is 14.7. The summed E-state index contributed by atoms with van der Waals surface area (Å²) in [4.78, 5) is 0. The van der Waals surface area contributed by atoms with Crippen molar-refractivity contribution in [2.45, 2.75) is 56.3 Å². The number of aryl methyl sites for hydroxylation is 1. The molecule has 1 atom stereocenters. The zero-order valence-corrected chi connectivity index (χ0v) is 11.8. The quantitative estimate of drug-likeness (QED) is 0.824. The number of rotatable bonds is 1. The van der Waals surface area contributed by atoms with Gasteiger partial charge >= 0.3 is 6.18 Å². The predicted octanol–water partition coefficient (Wildman–Crippen LogP) is 3.90. The van der Waals surface area contributed by atoms with Crippen LogP contribution in [-0.2, 0) is 6.42 Å². The average Bonchev–Trinajstić information content (AvgIpc) is 2.46. The molecule has 0 amide bonds. The summed E-state index contributed by atoms with van der Waals surface area (Å²) >= 11 is 0. The van der Waals surface area contributed by atoms with Crippen LogP contribution in [0.2, 0.25) is 0 Å². The molecule has 1 aliphatic heterocycles. The summed E-state index contributed by atoms with van der Waals surface area (Å²) in [7, 11) is 0. The molecule has 2 aliphatic rings. The fourth-order valence-corrected chi connectivity index (χ4v) is 3.64. The van der Waals surface area contributed by atoms with Gasteiger partial charge in [-0.05, 0) is 50.2 Å². The van der Waals surface area contributed by atoms with Crippen molar-refractivity contribution in [2.75, 3.05) is 5.32 Å². The highest BCUT2D eigenvalue weighted by Crippen LogP contribution is 2.44. The van der Waals surface area contributed by atoms with E-state index in [2.05, 4.69) is 5.32 Å². The number of halogens is 3. The number of hydrogen-bond acceptors (Lipinski definition) is 2. The van der Waals surface area contributed by atoms with Crippen molar-refractivity contribution in [3.8, 4) is 0 Å². The van der Waals surface area contributed by atoms with Gasteiger partial charge in [0.15, 0.2) is 0 Å². The zero-order valence-electron chi connectivity index (χ0n) is 11.8. The average molecular weight is 299 g/mol. The molecule has 21 heavy (non-hydrogen) atoms. The van der Waals surface area contributed by atoms with Gasteiger partial charge in [-0.2, -0.15) is 13.2 Å². The molecule has 1 aliphatic carbocycles. The lowest BCUT2D eigenvalue weighted by Gasteiger charge is -2.44. The molecule has 0 bridgehead atoms. The van der Waals surface area contributed by atoms with Crippen LogP contribution in [0.15, 0.2) is 24.3 Å². The molecule has 1 saturated carbocycles. The van der Waals surface area contributed by atoms with Crippen molar-refractivity contribution in [1.29, 1.82) is 0 Å². The van der Waals surface area contributed by atoms with E-state index in [0.717, 1.165) is 18.5 Å². The third-order valence-corrected chi connectivity index (χ3v) is 5.01. The number of benzene rings is 1. The highest BCUT2D eigenvalue weighted by Gasteiger charge is 2.48. The maximum Gasteiger partial charge on any atom is 0.391 e. The molecule has 0 aromatic heterocycles. The highest BCUT2D eigenvalue weighted by atomic mass is 19.4. The molecular formula is C16H20F3NO. The second kappa shape index (κ2) is 5.20. The van der Waals surface area contributed by atoms with Gasteiger partial charge in [-0.3, -0.25) is 0 Å². The molecule has 0 radical (unpaired) electrons. The van der Waals surface area contributed by atoms with Gasteiger partial charge in [-0.1, -0.05) is 18.2 Å². The summed E-state index contributed by atoms with van der Waals surface area (Å²) in [6, 6.07) is 7.76. The lowest BCUT2D eigenvalue weighted by molar-refractivity contribution is -0.193. The van der Waals surface area contributed by atoms with Crippen molar-refractivity contribution in [1.82, 2.24) is 0 Å². The molecule has 1 aromatic carbocycles. The maximum atomic E-state index is 12.7.